The van der Waals surface area contributed by atoms with E-state index >= 15 is 0 Å². The quantitative estimate of drug-likeness (QED) is 0.218. The monoisotopic (exact) mass is 246 g/mol. The summed E-state index contributed by atoms with van der Waals surface area (Å²) in [6.45, 7) is 4.23. The summed E-state index contributed by atoms with van der Waals surface area (Å²) in [5.41, 5.74) is 4.01. The lowest BCUT2D eigenvalue weighted by Crippen LogP contribution is -2.47. The van der Waals surface area contributed by atoms with E-state index in [0.717, 1.165) is 0 Å². The summed E-state index contributed by atoms with van der Waals surface area (Å²) in [5.74, 6) is -1.71. The molecule has 0 radical (unpaired) electrons. The van der Waals surface area contributed by atoms with Crippen LogP contribution in [0.4, 0.5) is 0 Å². The van der Waals surface area contributed by atoms with Gasteiger partial charge in [-0.05, 0) is 20.8 Å². The molecule has 1 atom stereocenters. The van der Waals surface area contributed by atoms with E-state index in [0.29, 0.717) is 6.29 Å². The van der Waals surface area contributed by atoms with Crippen molar-refractivity contribution in [2.45, 2.75) is 32.4 Å². The van der Waals surface area contributed by atoms with Crippen LogP contribution < -0.4 is 10.9 Å². The third-order valence-corrected chi connectivity index (χ3v) is 1.52. The fraction of sp³-hybridized carbons (Fsp3) is 0.700. The highest BCUT2D eigenvalue weighted by atomic mass is 16.6. The molecule has 98 valence electrons. The molecular weight excluding hydrogens is 228 g/mol. The Balaban J connectivity index is 3.94. The number of esters is 1. The van der Waals surface area contributed by atoms with E-state index in [9.17, 15) is 14.4 Å². The maximum atomic E-state index is 11.3. The smallest absolute Gasteiger partial charge is 0.376 e. The van der Waals surface area contributed by atoms with E-state index in [2.05, 4.69) is 10.9 Å². The summed E-state index contributed by atoms with van der Waals surface area (Å²) >= 11 is 0. The number of ketones is 1. The van der Waals surface area contributed by atoms with E-state index in [1.165, 1.54) is 0 Å². The van der Waals surface area contributed by atoms with Gasteiger partial charge in [0.15, 0.2) is 0 Å². The van der Waals surface area contributed by atoms with Crippen LogP contribution in [0.3, 0.4) is 0 Å². The summed E-state index contributed by atoms with van der Waals surface area (Å²) < 4.78 is 4.83. The van der Waals surface area contributed by atoms with Crippen LogP contribution in [0.5, 0.6) is 0 Å². The minimum atomic E-state index is -0.946. The molecule has 17 heavy (non-hydrogen) atoms. The molecule has 0 spiro atoms. The lowest BCUT2D eigenvalue weighted by molar-refractivity contribution is -0.162. The van der Waals surface area contributed by atoms with Gasteiger partial charge in [-0.15, -0.1) is 0 Å². The molecule has 0 aromatic heterocycles. The first-order valence-electron chi connectivity index (χ1n) is 5.11. The van der Waals surface area contributed by atoms with Crippen LogP contribution in [0.1, 0.15) is 20.8 Å². The molecule has 7 heteroatoms. The predicted octanol–water partition coefficient (Wildman–Crippen LogP) is -1.45. The van der Waals surface area contributed by atoms with Gasteiger partial charge in [-0.25, -0.2) is 15.6 Å². The van der Waals surface area contributed by atoms with E-state index in [-0.39, 0.29) is 6.54 Å². The van der Waals surface area contributed by atoms with Gasteiger partial charge < -0.3 is 14.6 Å². The van der Waals surface area contributed by atoms with Gasteiger partial charge in [0, 0.05) is 0 Å². The Morgan fingerprint density at radius 2 is 2.00 bits per heavy atom. The highest BCUT2D eigenvalue weighted by Gasteiger charge is 2.22. The molecule has 0 heterocycles. The number of ether oxygens (including phenoxy) is 1. The second-order valence-electron chi connectivity index (χ2n) is 4.35. The Hall–Kier alpha value is -1.31. The number of hydrogen-bond acceptors (Lipinski definition) is 7. The van der Waals surface area contributed by atoms with Crippen molar-refractivity contribution in [2.24, 2.45) is 0 Å². The van der Waals surface area contributed by atoms with Gasteiger partial charge in [0.05, 0.1) is 19.2 Å². The van der Waals surface area contributed by atoms with Gasteiger partial charge in [0.1, 0.15) is 11.9 Å². The van der Waals surface area contributed by atoms with Crippen molar-refractivity contribution in [3.05, 3.63) is 0 Å². The SMILES string of the molecule is CC(C)(C)OC(=O)C(=O)CNN[C@H](C=O)CO. The third-order valence-electron chi connectivity index (χ3n) is 1.52. The molecule has 0 rings (SSSR count). The normalized spacial score (nSPS) is 12.9. The summed E-state index contributed by atoms with van der Waals surface area (Å²) in [4.78, 5) is 32.8. The van der Waals surface area contributed by atoms with E-state index in [1.54, 1.807) is 20.8 Å². The highest BCUT2D eigenvalue weighted by Crippen LogP contribution is 2.06. The molecule has 0 aromatic rings. The van der Waals surface area contributed by atoms with Crippen molar-refractivity contribution in [1.82, 2.24) is 10.9 Å². The fourth-order valence-electron chi connectivity index (χ4n) is 0.792. The van der Waals surface area contributed by atoms with E-state index in [4.69, 9.17) is 9.84 Å². The largest absolute Gasteiger partial charge is 0.454 e. The predicted molar refractivity (Wildman–Crippen MR) is 58.9 cm³/mol. The first kappa shape index (κ1) is 15.7. The van der Waals surface area contributed by atoms with Crippen molar-refractivity contribution in [1.29, 1.82) is 0 Å². The second-order valence-corrected chi connectivity index (χ2v) is 4.35. The summed E-state index contributed by atoms with van der Waals surface area (Å²) in [6.07, 6.45) is 0.477. The Labute approximate surface area is 99.5 Å². The van der Waals surface area contributed by atoms with Gasteiger partial charge in [-0.3, -0.25) is 4.79 Å². The number of aldehydes is 1. The van der Waals surface area contributed by atoms with Gasteiger partial charge in [-0.1, -0.05) is 0 Å². The Kier molecular flexibility index (Phi) is 6.55. The molecule has 0 unspecified atom stereocenters. The molecule has 3 N–H and O–H groups in total. The van der Waals surface area contributed by atoms with Crippen molar-refractivity contribution in [2.75, 3.05) is 13.2 Å². The minimum Gasteiger partial charge on any atom is -0.454 e. The minimum absolute atomic E-state index is 0.320. The number of hydrazine groups is 1. The summed E-state index contributed by atoms with van der Waals surface area (Å²) in [5, 5.41) is 8.64. The Morgan fingerprint density at radius 1 is 1.41 bits per heavy atom. The molecule has 0 saturated heterocycles. The topological polar surface area (TPSA) is 105 Å². The van der Waals surface area contributed by atoms with E-state index < -0.39 is 30.0 Å². The van der Waals surface area contributed by atoms with Gasteiger partial charge in [-0.2, -0.15) is 0 Å². The van der Waals surface area contributed by atoms with Crippen LogP contribution in [-0.2, 0) is 19.1 Å². The molecule has 0 fully saturated rings. The molecule has 0 bridgehead atoms. The molecule has 0 aliphatic carbocycles. The van der Waals surface area contributed by atoms with Crippen molar-refractivity contribution < 1.29 is 24.2 Å². The van der Waals surface area contributed by atoms with Crippen LogP contribution >= 0.6 is 0 Å². The first-order chi connectivity index (χ1) is 7.80. The summed E-state index contributed by atoms with van der Waals surface area (Å²) in [7, 11) is 0. The number of hydrogen-bond donors (Lipinski definition) is 3. The average Bonchev–Trinajstić information content (AvgIpc) is 2.21. The number of aliphatic hydroxyl groups is 1. The number of Topliss-reactive ketones (excluding diaryl/α,β-unsaturated/α-hetero) is 1. The Bertz CT molecular complexity index is 285. The zero-order valence-electron chi connectivity index (χ0n) is 10.1. The number of rotatable bonds is 7. The van der Waals surface area contributed by atoms with Crippen molar-refractivity contribution >= 4 is 18.0 Å². The van der Waals surface area contributed by atoms with Gasteiger partial charge in [0.25, 0.3) is 5.78 Å². The third kappa shape index (κ3) is 7.56. The van der Waals surface area contributed by atoms with Crippen molar-refractivity contribution in [3.63, 3.8) is 0 Å². The average molecular weight is 246 g/mol. The number of nitrogens with one attached hydrogen (secondary N) is 2. The molecule has 0 aromatic carbocycles. The standard InChI is InChI=1S/C10H18N2O5/c1-10(2,3)17-9(16)8(15)4-11-12-7(5-13)6-14/h5,7,11-12,14H,4,6H2,1-3H3/t7-/m1/s1. The molecule has 0 saturated carbocycles. The number of carbonyl (C=O) groups is 3. The number of carbonyl (C=O) groups excluding carboxylic acids is 3. The van der Waals surface area contributed by atoms with E-state index in [1.807, 2.05) is 0 Å². The van der Waals surface area contributed by atoms with Crippen LogP contribution in [0, 0.1) is 0 Å². The second kappa shape index (κ2) is 7.10. The Morgan fingerprint density at radius 3 is 2.41 bits per heavy atom. The molecule has 7 nitrogen and oxygen atoms in total. The lowest BCUT2D eigenvalue weighted by atomic mass is 10.2. The first-order valence-corrected chi connectivity index (χ1v) is 5.11. The van der Waals surface area contributed by atoms with Crippen molar-refractivity contribution in [3.8, 4) is 0 Å². The maximum absolute atomic E-state index is 11.3. The van der Waals surface area contributed by atoms with Crippen LogP contribution in [0.15, 0.2) is 0 Å². The van der Waals surface area contributed by atoms with Crippen LogP contribution in [-0.4, -0.2) is 47.9 Å². The molecule has 0 aliphatic rings. The number of aliphatic hydroxyl groups excluding tert-OH is 1. The van der Waals surface area contributed by atoms with Gasteiger partial charge in [0.2, 0.25) is 0 Å². The molecular formula is C10H18N2O5. The lowest BCUT2D eigenvalue weighted by Gasteiger charge is -2.19. The maximum Gasteiger partial charge on any atom is 0.376 e. The van der Waals surface area contributed by atoms with Crippen LogP contribution in [0.2, 0.25) is 0 Å². The summed E-state index contributed by atoms with van der Waals surface area (Å²) in [6, 6.07) is -0.818. The zero-order valence-corrected chi connectivity index (χ0v) is 10.1. The molecule has 0 aliphatic heterocycles. The highest BCUT2D eigenvalue weighted by molar-refractivity contribution is 6.34. The van der Waals surface area contributed by atoms with Gasteiger partial charge >= 0.3 is 5.97 Å². The van der Waals surface area contributed by atoms with Crippen LogP contribution in [0.25, 0.3) is 0 Å². The fourth-order valence-corrected chi connectivity index (χ4v) is 0.792. The zero-order chi connectivity index (χ0) is 13.5. The molecule has 0 amide bonds.